The highest BCUT2D eigenvalue weighted by Gasteiger charge is 2.48. The maximum Gasteiger partial charge on any atom is 0.246 e. The molecule has 5 nitrogen and oxygen atoms in total. The van der Waals surface area contributed by atoms with Gasteiger partial charge in [0.1, 0.15) is 12.1 Å². The lowest BCUT2D eigenvalue weighted by Gasteiger charge is -2.43. The summed E-state index contributed by atoms with van der Waals surface area (Å²) < 4.78 is 5.07. The average Bonchev–Trinajstić information content (AvgIpc) is 3.06. The molecule has 0 radical (unpaired) electrons. The summed E-state index contributed by atoms with van der Waals surface area (Å²) in [7, 11) is 0. The van der Waals surface area contributed by atoms with Crippen molar-refractivity contribution >= 4 is 11.8 Å². The standard InChI is InChI=1S/C15H20N2O3/c1-10(2)13-15(19)16-6-3-4-12(16)14(18)17(13)8-11-5-7-20-9-11/h5,7,9-10,12-13H,3-4,6,8H2,1-2H3. The molecule has 0 aromatic carbocycles. The number of carbonyl (C=O) groups is 2. The zero-order chi connectivity index (χ0) is 14.3. The molecular weight excluding hydrogens is 256 g/mol. The lowest BCUT2D eigenvalue weighted by molar-refractivity contribution is -0.162. The van der Waals surface area contributed by atoms with Gasteiger partial charge in [-0.25, -0.2) is 0 Å². The van der Waals surface area contributed by atoms with E-state index in [0.29, 0.717) is 6.54 Å². The topological polar surface area (TPSA) is 53.8 Å². The van der Waals surface area contributed by atoms with E-state index in [2.05, 4.69) is 0 Å². The molecule has 2 fully saturated rings. The predicted molar refractivity (Wildman–Crippen MR) is 72.6 cm³/mol. The number of hydrogen-bond donors (Lipinski definition) is 0. The second-order valence-electron chi connectivity index (χ2n) is 5.98. The molecule has 2 amide bonds. The molecule has 1 aromatic heterocycles. The van der Waals surface area contributed by atoms with Crippen LogP contribution in [0.5, 0.6) is 0 Å². The van der Waals surface area contributed by atoms with E-state index in [-0.39, 0.29) is 29.8 Å². The monoisotopic (exact) mass is 276 g/mol. The molecule has 0 spiro atoms. The number of amides is 2. The lowest BCUT2D eigenvalue weighted by atomic mass is 9.95. The van der Waals surface area contributed by atoms with Gasteiger partial charge in [0.05, 0.1) is 12.5 Å². The van der Waals surface area contributed by atoms with E-state index in [4.69, 9.17) is 4.42 Å². The van der Waals surface area contributed by atoms with Gasteiger partial charge >= 0.3 is 0 Å². The number of nitrogens with zero attached hydrogens (tertiary/aromatic N) is 2. The Kier molecular flexibility index (Phi) is 3.28. The molecule has 108 valence electrons. The van der Waals surface area contributed by atoms with Crippen molar-refractivity contribution in [3.05, 3.63) is 24.2 Å². The van der Waals surface area contributed by atoms with E-state index in [1.54, 1.807) is 22.3 Å². The molecule has 2 aliphatic heterocycles. The van der Waals surface area contributed by atoms with Crippen LogP contribution in [0.25, 0.3) is 0 Å². The number of rotatable bonds is 3. The Bertz CT molecular complexity index is 509. The molecule has 0 bridgehead atoms. The van der Waals surface area contributed by atoms with Gasteiger partial charge in [0, 0.05) is 18.7 Å². The highest BCUT2D eigenvalue weighted by molar-refractivity contribution is 5.97. The summed E-state index contributed by atoms with van der Waals surface area (Å²) in [5.74, 6) is 0.299. The Morgan fingerprint density at radius 2 is 2.15 bits per heavy atom. The number of hydrogen-bond acceptors (Lipinski definition) is 3. The van der Waals surface area contributed by atoms with E-state index >= 15 is 0 Å². The minimum atomic E-state index is -0.355. The zero-order valence-corrected chi connectivity index (χ0v) is 11.9. The van der Waals surface area contributed by atoms with Gasteiger partial charge in [-0.1, -0.05) is 13.8 Å². The van der Waals surface area contributed by atoms with Gasteiger partial charge < -0.3 is 14.2 Å². The third kappa shape index (κ3) is 2.01. The van der Waals surface area contributed by atoms with Crippen molar-refractivity contribution in [3.63, 3.8) is 0 Å². The number of carbonyl (C=O) groups excluding carboxylic acids is 2. The summed E-state index contributed by atoms with van der Waals surface area (Å²) in [6.45, 7) is 5.16. The fourth-order valence-electron chi connectivity index (χ4n) is 3.32. The van der Waals surface area contributed by atoms with Gasteiger partial charge in [0.2, 0.25) is 11.8 Å². The first-order valence-electron chi connectivity index (χ1n) is 7.21. The van der Waals surface area contributed by atoms with E-state index in [0.717, 1.165) is 24.9 Å². The summed E-state index contributed by atoms with van der Waals surface area (Å²) in [5.41, 5.74) is 0.934. The molecule has 3 rings (SSSR count). The lowest BCUT2D eigenvalue weighted by Crippen LogP contribution is -2.63. The van der Waals surface area contributed by atoms with Crippen LogP contribution in [0.2, 0.25) is 0 Å². The first-order chi connectivity index (χ1) is 9.59. The summed E-state index contributed by atoms with van der Waals surface area (Å²) in [6, 6.07) is 1.24. The third-order valence-corrected chi connectivity index (χ3v) is 4.26. The average molecular weight is 276 g/mol. The van der Waals surface area contributed by atoms with Crippen LogP contribution >= 0.6 is 0 Å². The maximum absolute atomic E-state index is 12.7. The number of piperazine rings is 1. The van der Waals surface area contributed by atoms with E-state index in [1.807, 2.05) is 19.9 Å². The minimum Gasteiger partial charge on any atom is -0.472 e. The third-order valence-electron chi connectivity index (χ3n) is 4.26. The Hall–Kier alpha value is -1.78. The van der Waals surface area contributed by atoms with Gasteiger partial charge in [-0.3, -0.25) is 9.59 Å². The molecule has 1 aromatic rings. The Balaban J connectivity index is 1.91. The molecule has 3 heterocycles. The Morgan fingerprint density at radius 3 is 2.80 bits per heavy atom. The predicted octanol–water partition coefficient (Wildman–Crippen LogP) is 1.64. The fourth-order valence-corrected chi connectivity index (χ4v) is 3.32. The normalized spacial score (nSPS) is 26.6. The molecule has 0 aliphatic carbocycles. The summed E-state index contributed by atoms with van der Waals surface area (Å²) >= 11 is 0. The van der Waals surface area contributed by atoms with Gasteiger partial charge in [0.25, 0.3) is 0 Å². The highest BCUT2D eigenvalue weighted by Crippen LogP contribution is 2.30. The minimum absolute atomic E-state index is 0.0852. The van der Waals surface area contributed by atoms with E-state index < -0.39 is 0 Å². The van der Waals surface area contributed by atoms with Gasteiger partial charge in [0.15, 0.2) is 0 Å². The molecule has 0 N–H and O–H groups in total. The van der Waals surface area contributed by atoms with Crippen molar-refractivity contribution in [3.8, 4) is 0 Å². The molecule has 2 unspecified atom stereocenters. The van der Waals surface area contributed by atoms with Crippen molar-refractivity contribution in [2.75, 3.05) is 6.54 Å². The first kappa shape index (κ1) is 13.2. The quantitative estimate of drug-likeness (QED) is 0.843. The van der Waals surface area contributed by atoms with Crippen LogP contribution in [0, 0.1) is 5.92 Å². The second kappa shape index (κ2) is 4.96. The van der Waals surface area contributed by atoms with Gasteiger partial charge in [-0.05, 0) is 24.8 Å². The zero-order valence-electron chi connectivity index (χ0n) is 11.9. The summed E-state index contributed by atoms with van der Waals surface area (Å²) in [4.78, 5) is 28.9. The van der Waals surface area contributed by atoms with Gasteiger partial charge in [-0.15, -0.1) is 0 Å². The van der Waals surface area contributed by atoms with Crippen LogP contribution in [-0.2, 0) is 16.1 Å². The van der Waals surface area contributed by atoms with Crippen molar-refractivity contribution in [2.45, 2.75) is 45.3 Å². The van der Waals surface area contributed by atoms with Crippen molar-refractivity contribution in [2.24, 2.45) is 5.92 Å². The van der Waals surface area contributed by atoms with Crippen molar-refractivity contribution < 1.29 is 14.0 Å². The molecule has 2 atom stereocenters. The van der Waals surface area contributed by atoms with Crippen LogP contribution in [0.4, 0.5) is 0 Å². The molecule has 5 heteroatoms. The Labute approximate surface area is 118 Å². The summed E-state index contributed by atoms with van der Waals surface area (Å²) in [5, 5.41) is 0. The Morgan fingerprint density at radius 1 is 1.35 bits per heavy atom. The fraction of sp³-hybridized carbons (Fsp3) is 0.600. The van der Waals surface area contributed by atoms with Crippen LogP contribution in [0.3, 0.4) is 0 Å². The largest absolute Gasteiger partial charge is 0.472 e. The van der Waals surface area contributed by atoms with Crippen molar-refractivity contribution in [1.29, 1.82) is 0 Å². The molecule has 2 aliphatic rings. The van der Waals surface area contributed by atoms with Crippen LogP contribution < -0.4 is 0 Å². The maximum atomic E-state index is 12.7. The molecule has 20 heavy (non-hydrogen) atoms. The molecular formula is C15H20N2O3. The van der Waals surface area contributed by atoms with Gasteiger partial charge in [-0.2, -0.15) is 0 Å². The van der Waals surface area contributed by atoms with Crippen LogP contribution in [-0.4, -0.2) is 40.2 Å². The van der Waals surface area contributed by atoms with Crippen LogP contribution in [0.15, 0.2) is 23.0 Å². The van der Waals surface area contributed by atoms with E-state index in [1.165, 1.54) is 0 Å². The summed E-state index contributed by atoms with van der Waals surface area (Å²) in [6.07, 6.45) is 4.94. The second-order valence-corrected chi connectivity index (χ2v) is 5.98. The van der Waals surface area contributed by atoms with E-state index in [9.17, 15) is 9.59 Å². The number of fused-ring (bicyclic) bond motifs is 1. The highest BCUT2D eigenvalue weighted by atomic mass is 16.3. The molecule has 2 saturated heterocycles. The first-order valence-corrected chi connectivity index (χ1v) is 7.21. The SMILES string of the molecule is CC(C)C1C(=O)N2CCCC2C(=O)N1Cc1ccoc1. The van der Waals surface area contributed by atoms with Crippen LogP contribution in [0.1, 0.15) is 32.3 Å². The smallest absolute Gasteiger partial charge is 0.246 e. The molecule has 0 saturated carbocycles. The number of furan rings is 1. The van der Waals surface area contributed by atoms with Crippen molar-refractivity contribution in [1.82, 2.24) is 9.80 Å².